The van der Waals surface area contributed by atoms with E-state index in [0.29, 0.717) is 124 Å². The second-order valence-electron chi connectivity index (χ2n) is 43.2. The van der Waals surface area contributed by atoms with Crippen LogP contribution in [0.5, 0.6) is 0 Å². The van der Waals surface area contributed by atoms with Crippen LogP contribution >= 0.6 is 0 Å². The molecule has 14 aliphatic carbocycles. The fraction of sp³-hybridized carbons (Fsp3) is 0.941. The predicted octanol–water partition coefficient (Wildman–Crippen LogP) is 19.3. The Kier molecular flexibility index (Phi) is 45.6. The van der Waals surface area contributed by atoms with E-state index in [9.17, 15) is 49.5 Å². The number of aliphatic hydroxyl groups excluding tert-OH is 5. The molecule has 14 rings (SSSR count). The maximum Gasteiger partial charge on any atom is 1.00 e. The quantitative estimate of drug-likeness (QED) is 0.0317. The van der Waals surface area contributed by atoms with Crippen molar-refractivity contribution < 1.29 is 98.7 Å². The van der Waals surface area contributed by atoms with Gasteiger partial charge in [0.1, 0.15) is 24.6 Å². The van der Waals surface area contributed by atoms with E-state index < -0.39 is 0 Å². The molecule has 676 valence electrons. The molecule has 5 N–H and O–H groups in total. The van der Waals surface area contributed by atoms with E-state index in [1.165, 1.54) is 174 Å². The van der Waals surface area contributed by atoms with Crippen LogP contribution in [0.2, 0.25) is 0 Å². The number of carbonyl (C=O) groups is 6. The summed E-state index contributed by atoms with van der Waals surface area (Å²) in [6.07, 6.45) is 47.1. The molecule has 0 aromatic rings. The van der Waals surface area contributed by atoms with Crippen LogP contribution in [0, 0.1) is 186 Å². The molecule has 14 saturated carbocycles. The topological polar surface area (TPSA) is 245 Å². The summed E-state index contributed by atoms with van der Waals surface area (Å²) in [5, 5.41) is 56.7. The first kappa shape index (κ1) is 108. The van der Waals surface area contributed by atoms with Crippen LogP contribution in [-0.2, 0) is 38.4 Å². The summed E-state index contributed by atoms with van der Waals surface area (Å²) in [4.78, 5) is 66.9. The van der Waals surface area contributed by atoms with E-state index in [1.54, 1.807) is 0 Å². The number of hydrogen-bond donors (Lipinski definition) is 5. The number of fused-ring (bicyclic) bond motifs is 7. The monoisotopic (exact) mass is 1660 g/mol. The number of ether oxygens (including phenoxy) is 1. The van der Waals surface area contributed by atoms with Crippen LogP contribution in [0.15, 0.2) is 0 Å². The first-order valence-corrected chi connectivity index (χ1v) is 48.9. The molecule has 0 aliphatic heterocycles. The van der Waals surface area contributed by atoms with Gasteiger partial charge in [0.2, 0.25) is 0 Å². The number of aliphatic hydroxyl groups is 5. The molecule has 0 spiro atoms. The van der Waals surface area contributed by atoms with E-state index in [1.807, 2.05) is 34.6 Å². The summed E-state index contributed by atoms with van der Waals surface area (Å²) in [5.74, 6) is 15.6. The van der Waals surface area contributed by atoms with E-state index in [4.69, 9.17) is 14.8 Å². The Labute approximate surface area is 739 Å². The summed E-state index contributed by atoms with van der Waals surface area (Å²) in [6, 6.07) is 0. The van der Waals surface area contributed by atoms with Crippen LogP contribution in [-0.4, -0.2) is 101 Å². The van der Waals surface area contributed by atoms with Crippen molar-refractivity contribution in [3.8, 4) is 0 Å². The van der Waals surface area contributed by atoms with Gasteiger partial charge in [-0.15, -0.1) is 0 Å². The molecule has 0 saturated heterocycles. The van der Waals surface area contributed by atoms with Gasteiger partial charge in [-0.1, -0.05) is 217 Å². The average molecular weight is 1660 g/mol. The van der Waals surface area contributed by atoms with Crippen LogP contribution in [0.3, 0.4) is 0 Å². The fourth-order valence-electron chi connectivity index (χ4n) is 31.1. The minimum atomic E-state index is -0.190. The largest absolute Gasteiger partial charge is 1.00 e. The minimum Gasteiger partial charge on any atom is -0.662 e. The van der Waals surface area contributed by atoms with Gasteiger partial charge in [-0.05, 0) is 316 Å². The fourth-order valence-corrected chi connectivity index (χ4v) is 31.1. The van der Waals surface area contributed by atoms with Crippen molar-refractivity contribution in [1.29, 1.82) is 0 Å². The molecule has 14 nitrogen and oxygen atoms in total. The van der Waals surface area contributed by atoms with Gasteiger partial charge in [-0.3, -0.25) is 14.4 Å². The van der Waals surface area contributed by atoms with Gasteiger partial charge in [-0.2, -0.15) is 0 Å². The predicted molar refractivity (Wildman–Crippen MR) is 471 cm³/mol. The van der Waals surface area contributed by atoms with Crippen LogP contribution in [0.4, 0.5) is 0 Å². The summed E-state index contributed by atoms with van der Waals surface area (Å²) >= 11 is 0. The van der Waals surface area contributed by atoms with Crippen molar-refractivity contribution in [2.45, 2.75) is 396 Å². The molecule has 14 aliphatic rings. The van der Waals surface area contributed by atoms with Gasteiger partial charge in [0.15, 0.2) is 0 Å². The van der Waals surface area contributed by atoms with E-state index in [2.05, 4.69) is 123 Å². The Morgan fingerprint density at radius 3 is 0.906 bits per heavy atom. The third kappa shape index (κ3) is 25.0. The van der Waals surface area contributed by atoms with Gasteiger partial charge in [0.05, 0.1) is 18.8 Å². The second kappa shape index (κ2) is 49.5. The van der Waals surface area contributed by atoms with Crippen molar-refractivity contribution in [1.82, 2.24) is 0 Å². The average Bonchev–Trinajstić information content (AvgIpc) is 1.69. The zero-order valence-electron chi connectivity index (χ0n) is 79.9. The molecule has 0 bridgehead atoms. The van der Waals surface area contributed by atoms with Crippen LogP contribution in [0.1, 0.15) is 384 Å². The molecule has 0 radical (unpaired) electrons. The second-order valence-corrected chi connectivity index (χ2v) is 43.2. The molecule has 0 aromatic heterocycles. The maximum absolute atomic E-state index is 11.8. The number of ketones is 1. The number of esters is 1. The first-order chi connectivity index (χ1) is 54.9. The zero-order valence-corrected chi connectivity index (χ0v) is 81.9. The SMILES string of the molecule is CC.CC.CC(=O)OC[C@@H](C)[C@H]1CCC2C(O)CCC[C@@]21C.CC1CCC[C@@]2(C)C1CC[C@@H]2[C@@H](C)C=O.CC1CCC[C@@]2(C)C1CC[C@@H]2[C@@H](C)CO.CC1CCC[C@@]2(C)C1CC[C@@H]2[C@H](C)C=O.CC1CCC[C@@]2(C)C1CC[C@@H]2[C@H](C)CO.C[C@H](C=O)[C@H]1CCC2C(=O)CCC[C@@]21C.C[C@H](CO)[C@H]1CCC2C(O)CCC[C@@]21C.O=CO[O-].[Na+]. The number of aldehydes is 3. The summed E-state index contributed by atoms with van der Waals surface area (Å²) in [7, 11) is 0. The van der Waals surface area contributed by atoms with Crippen molar-refractivity contribution in [2.24, 2.45) is 186 Å². The van der Waals surface area contributed by atoms with Crippen molar-refractivity contribution in [3.63, 3.8) is 0 Å². The number of carbonyl (C=O) groups excluding carboxylic acids is 6. The normalized spacial score (nSPS) is 42.5. The van der Waals surface area contributed by atoms with Crippen molar-refractivity contribution in [3.05, 3.63) is 0 Å². The molecular formula is C102H183NaO14. The van der Waals surface area contributed by atoms with Gasteiger partial charge < -0.3 is 54.8 Å². The molecule has 14 fully saturated rings. The van der Waals surface area contributed by atoms with E-state index in [0.717, 1.165) is 136 Å². The van der Waals surface area contributed by atoms with Crippen molar-refractivity contribution in [2.75, 3.05) is 26.4 Å². The maximum atomic E-state index is 11.8. The van der Waals surface area contributed by atoms with Crippen molar-refractivity contribution >= 4 is 37.1 Å². The Morgan fingerprint density at radius 1 is 0.385 bits per heavy atom. The molecule has 13 unspecified atom stereocenters. The smallest absolute Gasteiger partial charge is 0.662 e. The van der Waals surface area contributed by atoms with Crippen LogP contribution < -0.4 is 34.8 Å². The van der Waals surface area contributed by atoms with Gasteiger partial charge in [0, 0.05) is 56.8 Å². The molecular weight excluding hydrogens is 1470 g/mol. The number of rotatable bonds is 16. The number of hydrogen-bond acceptors (Lipinski definition) is 14. The summed E-state index contributed by atoms with van der Waals surface area (Å²) < 4.78 is 5.17. The Morgan fingerprint density at radius 2 is 0.624 bits per heavy atom. The zero-order chi connectivity index (χ0) is 87.1. The summed E-state index contributed by atoms with van der Waals surface area (Å²) in [5.41, 5.74) is 2.68. The first-order valence-electron chi connectivity index (χ1n) is 48.9. The molecule has 117 heavy (non-hydrogen) atoms. The third-order valence-electron chi connectivity index (χ3n) is 37.2. The third-order valence-corrected chi connectivity index (χ3v) is 37.2. The Hall–Kier alpha value is -1.62. The van der Waals surface area contributed by atoms with Gasteiger partial charge >= 0.3 is 35.5 Å². The molecule has 0 aromatic carbocycles. The summed E-state index contributed by atoms with van der Waals surface area (Å²) in [6.45, 7) is 52.4. The van der Waals surface area contributed by atoms with E-state index in [-0.39, 0.29) is 88.7 Å². The standard InChI is InChI=1S/C15H26O3.2C14H26O.2C14H24O.C13H24O2.C13H20O2.2C2H6.CH2O3.Na/c1-10(9-18-11(2)16)12-6-7-13-14(17)5-4-8-15(12,13)3;4*1-10-5-4-8-14(3)12(10)6-7-13(14)11(2)9-15;2*1-9(8-14)10-5-6-11-12(15)4-3-7-13(10,11)2;2*1-2;2-1-4-3;/h10,12-14,17H,4-9H2,1-3H3;2*10-13,15H,4-9H2,1-3H3;2*9-13H,4-8H2,1-3H3;9-12,14-15H,3-8H2,1-2H3;8-11H,3-7H2,1-2H3;2*1-2H3;1,3H;/q;;;;;;;;;;+1/p-1/t10-,12-,13?,14?,15-;10?,11-,12?,13+,14-;10?,11-,12?,13-,14+;10?,11-,12?,13+,14-;10?,11-,12?,13-,14+;9-,10-,11?,12?,13-;9-,10-,11?,13-;;;;/m1010111..../s1. The van der Waals surface area contributed by atoms with Crippen LogP contribution in [0.25, 0.3) is 0 Å². The molecule has 34 atom stereocenters. The van der Waals surface area contributed by atoms with Gasteiger partial charge in [-0.25, -0.2) is 0 Å². The minimum absolute atomic E-state index is 0. The molecule has 0 heterocycles. The van der Waals surface area contributed by atoms with E-state index >= 15 is 0 Å². The van der Waals surface area contributed by atoms with Gasteiger partial charge in [0.25, 0.3) is 6.47 Å². The molecule has 15 heteroatoms. The molecule has 0 amide bonds. The number of Topliss-reactive ketones (excluding diaryl/α,β-unsaturated/α-hetero) is 1. The Balaban J connectivity index is 0.000000282. The Bertz CT molecular complexity index is 2730.